The highest BCUT2D eigenvalue weighted by Crippen LogP contribution is 2.32. The third-order valence-electron chi connectivity index (χ3n) is 2.27. The van der Waals surface area contributed by atoms with E-state index in [0.29, 0.717) is 21.9 Å². The molecule has 0 aliphatic rings. The molecule has 2 rings (SSSR count). The second-order valence-electron chi connectivity index (χ2n) is 3.37. The summed E-state index contributed by atoms with van der Waals surface area (Å²) in [4.78, 5) is 8.13. The summed E-state index contributed by atoms with van der Waals surface area (Å²) in [5.74, 6) is 2.59. The van der Waals surface area contributed by atoms with E-state index in [1.54, 1.807) is 14.2 Å². The first kappa shape index (κ1) is 12.6. The second kappa shape index (κ2) is 5.68. The van der Waals surface area contributed by atoms with Gasteiger partial charge >= 0.3 is 0 Å². The molecule has 0 fully saturated rings. The van der Waals surface area contributed by atoms with Gasteiger partial charge in [0.2, 0.25) is 5.88 Å². The van der Waals surface area contributed by atoms with Crippen LogP contribution in [-0.2, 0) is 0 Å². The molecule has 0 spiro atoms. The number of benzene rings is 1. The van der Waals surface area contributed by atoms with Crippen LogP contribution >= 0.6 is 15.9 Å². The topological polar surface area (TPSA) is 56.3 Å². The number of nitrogens with zero attached hydrogens (tertiary/aromatic N) is 2. The molecule has 1 aromatic carbocycles. The number of hydrogen-bond acceptors (Lipinski definition) is 5. The van der Waals surface area contributed by atoms with E-state index < -0.39 is 0 Å². The molecule has 5 nitrogen and oxygen atoms in total. The monoisotopic (exact) mass is 309 g/mol. The third-order valence-corrected chi connectivity index (χ3v) is 2.98. The van der Waals surface area contributed by atoms with Crippen LogP contribution in [0.15, 0.2) is 35.1 Å². The van der Waals surface area contributed by atoms with Gasteiger partial charge < -0.3 is 14.8 Å². The van der Waals surface area contributed by atoms with Crippen LogP contribution in [0.3, 0.4) is 0 Å². The molecule has 0 unspecified atom stereocenters. The molecule has 1 aromatic heterocycles. The van der Waals surface area contributed by atoms with Crippen LogP contribution in [-0.4, -0.2) is 24.1 Å². The summed E-state index contributed by atoms with van der Waals surface area (Å²) in [7, 11) is 3.40. The molecular weight excluding hydrogens is 298 g/mol. The number of ether oxygens (including phenoxy) is 2. The molecule has 1 N–H and O–H groups in total. The van der Waals surface area contributed by atoms with Crippen molar-refractivity contribution in [2.45, 2.75) is 0 Å². The molecule has 94 valence electrons. The molecule has 0 radical (unpaired) electrons. The smallest absolute Gasteiger partial charge is 0.238 e. The zero-order chi connectivity index (χ0) is 13.0. The number of aromatic nitrogens is 2. The summed E-state index contributed by atoms with van der Waals surface area (Å²) >= 11 is 3.39. The van der Waals surface area contributed by atoms with E-state index >= 15 is 0 Å². The average molecular weight is 310 g/mol. The van der Waals surface area contributed by atoms with Gasteiger partial charge in [-0.15, -0.1) is 0 Å². The van der Waals surface area contributed by atoms with Crippen LogP contribution in [0.1, 0.15) is 0 Å². The summed E-state index contributed by atoms with van der Waals surface area (Å²) < 4.78 is 11.4. The second-order valence-corrected chi connectivity index (χ2v) is 4.16. The average Bonchev–Trinajstić information content (AvgIpc) is 2.42. The van der Waals surface area contributed by atoms with Gasteiger partial charge in [-0.3, -0.25) is 0 Å². The number of rotatable bonds is 4. The molecule has 1 heterocycles. The lowest BCUT2D eigenvalue weighted by molar-refractivity contribution is 0.412. The largest absolute Gasteiger partial charge is 0.497 e. The molecule has 0 bridgehead atoms. The molecular formula is C12H12BrN3O2. The quantitative estimate of drug-likeness (QED) is 0.940. The normalized spacial score (nSPS) is 9.94. The van der Waals surface area contributed by atoms with Crippen molar-refractivity contribution >= 4 is 21.7 Å². The highest BCUT2D eigenvalue weighted by atomic mass is 79.9. The number of hydrogen-bond donors (Lipinski definition) is 1. The molecule has 0 aliphatic heterocycles. The first-order valence-corrected chi connectivity index (χ1v) is 6.04. The summed E-state index contributed by atoms with van der Waals surface area (Å²) in [5.41, 5.74) is 0. The number of nitrogens with one attached hydrogen (secondary N) is 1. The van der Waals surface area contributed by atoms with Gasteiger partial charge in [-0.05, 0) is 40.2 Å². The van der Waals surface area contributed by atoms with Crippen LogP contribution in [0.5, 0.6) is 17.4 Å². The van der Waals surface area contributed by atoms with Crippen LogP contribution in [0.2, 0.25) is 0 Å². The van der Waals surface area contributed by atoms with E-state index in [1.165, 1.54) is 6.33 Å². The van der Waals surface area contributed by atoms with E-state index in [4.69, 9.17) is 9.47 Å². The lowest BCUT2D eigenvalue weighted by Gasteiger charge is -2.09. The lowest BCUT2D eigenvalue weighted by Crippen LogP contribution is -1.97. The third kappa shape index (κ3) is 2.70. The Balaban J connectivity index is 2.22. The summed E-state index contributed by atoms with van der Waals surface area (Å²) in [6.07, 6.45) is 1.44. The van der Waals surface area contributed by atoms with Crippen molar-refractivity contribution in [3.63, 3.8) is 0 Å². The van der Waals surface area contributed by atoms with Crippen LogP contribution in [0.25, 0.3) is 0 Å². The fourth-order valence-electron chi connectivity index (χ4n) is 1.35. The Kier molecular flexibility index (Phi) is 3.99. The van der Waals surface area contributed by atoms with Gasteiger partial charge in [-0.1, -0.05) is 0 Å². The zero-order valence-electron chi connectivity index (χ0n) is 9.98. The van der Waals surface area contributed by atoms with Gasteiger partial charge in [-0.25, -0.2) is 9.97 Å². The van der Waals surface area contributed by atoms with E-state index in [1.807, 2.05) is 24.3 Å². The first-order chi connectivity index (χ1) is 8.74. The maximum atomic E-state index is 5.66. The van der Waals surface area contributed by atoms with Crippen molar-refractivity contribution in [2.75, 3.05) is 19.5 Å². The SMILES string of the molecule is CNc1ncnc(Oc2ccc(OC)cc2)c1Br. The minimum Gasteiger partial charge on any atom is -0.497 e. The molecule has 0 saturated heterocycles. The molecule has 2 aromatic rings. The molecule has 0 saturated carbocycles. The zero-order valence-corrected chi connectivity index (χ0v) is 11.6. The first-order valence-electron chi connectivity index (χ1n) is 5.24. The van der Waals surface area contributed by atoms with Crippen molar-refractivity contribution < 1.29 is 9.47 Å². The Labute approximate surface area is 113 Å². The van der Waals surface area contributed by atoms with Crippen molar-refractivity contribution in [3.05, 3.63) is 35.1 Å². The Morgan fingerprint density at radius 2 is 1.78 bits per heavy atom. The summed E-state index contributed by atoms with van der Waals surface area (Å²) in [6, 6.07) is 7.27. The number of halogens is 1. The number of anilines is 1. The Bertz CT molecular complexity index is 531. The predicted octanol–water partition coefficient (Wildman–Crippen LogP) is 3.08. The van der Waals surface area contributed by atoms with E-state index in [-0.39, 0.29) is 0 Å². The van der Waals surface area contributed by atoms with E-state index in [0.717, 1.165) is 5.75 Å². The molecule has 0 amide bonds. The van der Waals surface area contributed by atoms with Crippen molar-refractivity contribution in [1.29, 1.82) is 0 Å². The Morgan fingerprint density at radius 1 is 1.11 bits per heavy atom. The van der Waals surface area contributed by atoms with Crippen LogP contribution in [0, 0.1) is 0 Å². The predicted molar refractivity (Wildman–Crippen MR) is 72.3 cm³/mol. The standard InChI is InChI=1S/C12H12BrN3O2/c1-14-11-10(13)12(16-7-15-11)18-9-5-3-8(17-2)4-6-9/h3-7H,1-2H3,(H,14,15,16). The van der Waals surface area contributed by atoms with Crippen molar-refractivity contribution in [3.8, 4) is 17.4 Å². The Hall–Kier alpha value is -1.82. The fourth-order valence-corrected chi connectivity index (χ4v) is 1.84. The minimum absolute atomic E-state index is 0.458. The van der Waals surface area contributed by atoms with Gasteiger partial charge in [0.25, 0.3) is 0 Å². The van der Waals surface area contributed by atoms with E-state index in [2.05, 4.69) is 31.2 Å². The fraction of sp³-hybridized carbons (Fsp3) is 0.167. The maximum absolute atomic E-state index is 5.66. The lowest BCUT2D eigenvalue weighted by atomic mass is 10.3. The van der Waals surface area contributed by atoms with Crippen molar-refractivity contribution in [1.82, 2.24) is 9.97 Å². The van der Waals surface area contributed by atoms with Gasteiger partial charge in [0.1, 0.15) is 28.1 Å². The van der Waals surface area contributed by atoms with Crippen LogP contribution in [0.4, 0.5) is 5.82 Å². The molecule has 0 aliphatic carbocycles. The van der Waals surface area contributed by atoms with Gasteiger partial charge in [0.15, 0.2) is 0 Å². The number of methoxy groups -OCH3 is 1. The highest BCUT2D eigenvalue weighted by Gasteiger charge is 2.09. The van der Waals surface area contributed by atoms with Crippen molar-refractivity contribution in [2.24, 2.45) is 0 Å². The molecule has 6 heteroatoms. The van der Waals surface area contributed by atoms with Gasteiger partial charge in [-0.2, -0.15) is 0 Å². The highest BCUT2D eigenvalue weighted by molar-refractivity contribution is 9.10. The van der Waals surface area contributed by atoms with Crippen LogP contribution < -0.4 is 14.8 Å². The summed E-state index contributed by atoms with van der Waals surface area (Å²) in [5, 5.41) is 2.94. The van der Waals surface area contributed by atoms with Gasteiger partial charge in [0, 0.05) is 7.05 Å². The molecule has 0 atom stereocenters. The van der Waals surface area contributed by atoms with E-state index in [9.17, 15) is 0 Å². The maximum Gasteiger partial charge on any atom is 0.238 e. The van der Waals surface area contributed by atoms with Gasteiger partial charge in [0.05, 0.1) is 7.11 Å². The Morgan fingerprint density at radius 3 is 2.39 bits per heavy atom. The summed E-state index contributed by atoms with van der Waals surface area (Å²) in [6.45, 7) is 0. The molecule has 18 heavy (non-hydrogen) atoms. The minimum atomic E-state index is 0.458.